The van der Waals surface area contributed by atoms with E-state index >= 15 is 0 Å². The Hall–Kier alpha value is -2.64. The number of hydrogen-bond donors (Lipinski definition) is 1. The van der Waals surface area contributed by atoms with Gasteiger partial charge in [-0.2, -0.15) is 0 Å². The summed E-state index contributed by atoms with van der Waals surface area (Å²) in [6, 6.07) is 11.5. The van der Waals surface area contributed by atoms with Gasteiger partial charge in [-0.25, -0.2) is 4.39 Å². The highest BCUT2D eigenvalue weighted by Crippen LogP contribution is 2.33. The second-order valence-corrected chi connectivity index (χ2v) is 6.57. The summed E-state index contributed by atoms with van der Waals surface area (Å²) in [7, 11) is 0. The number of carbonyl (C=O) groups is 1. The van der Waals surface area contributed by atoms with Crippen LogP contribution in [0.4, 0.5) is 10.1 Å². The largest absolute Gasteiger partial charge is 0.454 e. The van der Waals surface area contributed by atoms with Gasteiger partial charge >= 0.3 is 0 Å². The molecule has 0 aromatic heterocycles. The minimum atomic E-state index is -0.337. The van der Waals surface area contributed by atoms with Crippen LogP contribution in [0, 0.1) is 5.82 Å². The molecule has 1 saturated heterocycles. The van der Waals surface area contributed by atoms with Crippen LogP contribution in [-0.2, 0) is 16.1 Å². The number of hydrogen-bond acceptors (Lipinski definition) is 5. The van der Waals surface area contributed by atoms with E-state index in [0.717, 1.165) is 12.1 Å². The number of nitrogens with one attached hydrogen (secondary N) is 1. The van der Waals surface area contributed by atoms with Crippen molar-refractivity contribution < 1.29 is 23.4 Å². The summed E-state index contributed by atoms with van der Waals surface area (Å²) in [5, 5.41) is 3.29. The maximum Gasteiger partial charge on any atom is 0.231 e. The monoisotopic (exact) mass is 372 g/mol. The van der Waals surface area contributed by atoms with Gasteiger partial charge in [-0.1, -0.05) is 6.07 Å². The van der Waals surface area contributed by atoms with Crippen molar-refractivity contribution in [3.05, 3.63) is 53.8 Å². The van der Waals surface area contributed by atoms with Crippen LogP contribution >= 0.6 is 0 Å². The number of fused-ring (bicyclic) bond motifs is 1. The summed E-state index contributed by atoms with van der Waals surface area (Å²) in [6.07, 6.45) is 0.307. The molecule has 6 nitrogen and oxygen atoms in total. The Labute approximate surface area is 156 Å². The van der Waals surface area contributed by atoms with Gasteiger partial charge in [0.2, 0.25) is 12.7 Å². The van der Waals surface area contributed by atoms with E-state index in [2.05, 4.69) is 5.32 Å². The summed E-state index contributed by atoms with van der Waals surface area (Å²) in [5.41, 5.74) is 1.56. The van der Waals surface area contributed by atoms with Gasteiger partial charge in [0.15, 0.2) is 11.5 Å². The molecule has 2 aliphatic heterocycles. The average molecular weight is 372 g/mol. The van der Waals surface area contributed by atoms with E-state index in [9.17, 15) is 9.18 Å². The van der Waals surface area contributed by atoms with Crippen LogP contribution in [0.5, 0.6) is 11.5 Å². The van der Waals surface area contributed by atoms with E-state index in [1.165, 1.54) is 12.1 Å². The summed E-state index contributed by atoms with van der Waals surface area (Å²) < 4.78 is 29.5. The lowest BCUT2D eigenvalue weighted by atomic mass is 10.1. The third kappa shape index (κ3) is 4.20. The first kappa shape index (κ1) is 17.8. The number of halogens is 1. The van der Waals surface area contributed by atoms with E-state index in [4.69, 9.17) is 14.2 Å². The van der Waals surface area contributed by atoms with Crippen LogP contribution < -0.4 is 19.7 Å². The van der Waals surface area contributed by atoms with E-state index < -0.39 is 0 Å². The fourth-order valence-electron chi connectivity index (χ4n) is 3.24. The average Bonchev–Trinajstić information content (AvgIpc) is 3.15. The third-order valence-electron chi connectivity index (χ3n) is 4.64. The summed E-state index contributed by atoms with van der Waals surface area (Å²) in [4.78, 5) is 14.7. The molecule has 0 bridgehead atoms. The number of ether oxygens (including phenoxy) is 3. The topological polar surface area (TPSA) is 60.0 Å². The van der Waals surface area contributed by atoms with Crippen molar-refractivity contribution in [1.29, 1.82) is 0 Å². The molecule has 2 aliphatic rings. The van der Waals surface area contributed by atoms with Crippen LogP contribution in [0.1, 0.15) is 12.0 Å². The number of nitrogens with zero attached hydrogens (tertiary/aromatic N) is 1. The number of carbonyl (C=O) groups excluding carboxylic acids is 1. The first-order chi connectivity index (χ1) is 13.2. The molecule has 2 heterocycles. The van der Waals surface area contributed by atoms with Crippen molar-refractivity contribution >= 4 is 11.6 Å². The van der Waals surface area contributed by atoms with Crippen LogP contribution in [0.3, 0.4) is 0 Å². The molecule has 27 heavy (non-hydrogen) atoms. The molecule has 0 saturated carbocycles. The molecule has 1 amide bonds. The number of morpholine rings is 1. The third-order valence-corrected chi connectivity index (χ3v) is 4.64. The second-order valence-electron chi connectivity index (χ2n) is 6.57. The molecule has 1 unspecified atom stereocenters. The van der Waals surface area contributed by atoms with Gasteiger partial charge in [0.25, 0.3) is 0 Å². The second kappa shape index (κ2) is 7.94. The normalized spacial score (nSPS) is 18.3. The molecule has 1 N–H and O–H groups in total. The molecule has 1 atom stereocenters. The molecule has 0 spiro atoms. The maximum absolute atomic E-state index is 13.3. The van der Waals surface area contributed by atoms with Crippen LogP contribution in [0.15, 0.2) is 42.5 Å². The lowest BCUT2D eigenvalue weighted by Gasteiger charge is -2.28. The van der Waals surface area contributed by atoms with Gasteiger partial charge in [0.1, 0.15) is 5.82 Å². The zero-order chi connectivity index (χ0) is 18.6. The van der Waals surface area contributed by atoms with Gasteiger partial charge in [-0.05, 0) is 42.0 Å². The Morgan fingerprint density at radius 2 is 1.96 bits per heavy atom. The predicted molar refractivity (Wildman–Crippen MR) is 97.4 cm³/mol. The number of amides is 1. The van der Waals surface area contributed by atoms with Crippen LogP contribution in [-0.4, -0.2) is 38.5 Å². The van der Waals surface area contributed by atoms with E-state index in [1.807, 2.05) is 18.2 Å². The quantitative estimate of drug-likeness (QED) is 0.874. The van der Waals surface area contributed by atoms with Crippen molar-refractivity contribution in [3.8, 4) is 11.5 Å². The van der Waals surface area contributed by atoms with E-state index in [-0.39, 0.29) is 24.6 Å². The fraction of sp³-hybridized carbons (Fsp3) is 0.350. The SMILES string of the molecule is O=C(CC1COCCN1)N(Cc1ccc2c(c1)OCO2)c1ccc(F)cc1. The smallest absolute Gasteiger partial charge is 0.231 e. The lowest BCUT2D eigenvalue weighted by molar-refractivity contribution is -0.119. The minimum absolute atomic E-state index is 0.0223. The van der Waals surface area contributed by atoms with Crippen molar-refractivity contribution in [2.45, 2.75) is 19.0 Å². The molecule has 2 aromatic carbocycles. The molecule has 1 fully saturated rings. The molecule has 0 radical (unpaired) electrons. The zero-order valence-corrected chi connectivity index (χ0v) is 14.8. The van der Waals surface area contributed by atoms with E-state index in [1.54, 1.807) is 17.0 Å². The predicted octanol–water partition coefficient (Wildman–Crippen LogP) is 2.47. The standard InChI is InChI=1S/C20H21FN2O4/c21-15-2-4-17(5-3-15)23(20(24)10-16-12-25-8-7-22-16)11-14-1-6-18-19(9-14)27-13-26-18/h1-6,9,16,22H,7-8,10-13H2. The minimum Gasteiger partial charge on any atom is -0.454 e. The molecular formula is C20H21FN2O4. The Morgan fingerprint density at radius 1 is 1.15 bits per heavy atom. The molecule has 2 aromatic rings. The summed E-state index contributed by atoms with van der Waals surface area (Å²) in [5.74, 6) is 0.974. The Balaban J connectivity index is 1.55. The number of rotatable bonds is 5. The Bertz CT molecular complexity index is 806. The van der Waals surface area contributed by atoms with Crippen LogP contribution in [0.25, 0.3) is 0 Å². The maximum atomic E-state index is 13.3. The number of benzene rings is 2. The first-order valence-electron chi connectivity index (χ1n) is 8.94. The molecule has 0 aliphatic carbocycles. The highest BCUT2D eigenvalue weighted by molar-refractivity contribution is 5.93. The molecule has 4 rings (SSSR count). The summed E-state index contributed by atoms with van der Waals surface area (Å²) >= 11 is 0. The van der Waals surface area contributed by atoms with Gasteiger partial charge in [0.05, 0.1) is 19.8 Å². The van der Waals surface area contributed by atoms with Gasteiger partial charge in [0, 0.05) is 24.7 Å². The van der Waals surface area contributed by atoms with Gasteiger partial charge < -0.3 is 24.4 Å². The first-order valence-corrected chi connectivity index (χ1v) is 8.94. The van der Waals surface area contributed by atoms with Crippen molar-refractivity contribution in [1.82, 2.24) is 5.32 Å². The Kier molecular flexibility index (Phi) is 5.22. The summed E-state index contributed by atoms with van der Waals surface area (Å²) in [6.45, 7) is 2.45. The van der Waals surface area contributed by atoms with Gasteiger partial charge in [-0.3, -0.25) is 4.79 Å². The van der Waals surface area contributed by atoms with Crippen molar-refractivity contribution in [2.24, 2.45) is 0 Å². The molecular weight excluding hydrogens is 351 g/mol. The zero-order valence-electron chi connectivity index (χ0n) is 14.8. The van der Waals surface area contributed by atoms with Crippen LogP contribution in [0.2, 0.25) is 0 Å². The molecule has 142 valence electrons. The highest BCUT2D eigenvalue weighted by Gasteiger charge is 2.23. The van der Waals surface area contributed by atoms with E-state index in [0.29, 0.717) is 43.4 Å². The molecule has 7 heteroatoms. The van der Waals surface area contributed by atoms with Gasteiger partial charge in [-0.15, -0.1) is 0 Å². The lowest BCUT2D eigenvalue weighted by Crippen LogP contribution is -2.45. The Morgan fingerprint density at radius 3 is 2.74 bits per heavy atom. The number of anilines is 1. The highest BCUT2D eigenvalue weighted by atomic mass is 19.1. The fourth-order valence-corrected chi connectivity index (χ4v) is 3.24. The van der Waals surface area contributed by atoms with Crippen molar-refractivity contribution in [2.75, 3.05) is 31.5 Å². The van der Waals surface area contributed by atoms with Crippen molar-refractivity contribution in [3.63, 3.8) is 0 Å².